The molecular weight excluding hydrogens is 377 g/mol. The molecule has 0 aliphatic carbocycles. The average Bonchev–Trinajstić information content (AvgIpc) is 3.11. The summed E-state index contributed by atoms with van der Waals surface area (Å²) in [7, 11) is -2.58. The number of benzene rings is 3. The maximum absolute atomic E-state index is 13.0. The van der Waals surface area contributed by atoms with Gasteiger partial charge in [-0.25, -0.2) is 0 Å². The predicted octanol–water partition coefficient (Wildman–Crippen LogP) is 4.75. The van der Waals surface area contributed by atoms with Gasteiger partial charge in [0.1, 0.15) is 17.3 Å². The van der Waals surface area contributed by atoms with E-state index in [1.54, 1.807) is 18.2 Å². The van der Waals surface area contributed by atoms with Gasteiger partial charge in [-0.15, -0.1) is 0 Å². The fraction of sp³-hybridized carbons (Fsp3) is 0.0952. The Morgan fingerprint density at radius 1 is 1.07 bits per heavy atom. The molecule has 0 saturated carbocycles. The first-order chi connectivity index (χ1) is 13.5. The number of carbonyl (C=O) groups excluding carboxylic acids is 1. The highest BCUT2D eigenvalue weighted by Gasteiger charge is 2.33. The molecule has 0 spiro atoms. The van der Waals surface area contributed by atoms with E-state index in [0.717, 1.165) is 10.8 Å². The van der Waals surface area contributed by atoms with Crippen molar-refractivity contribution in [1.29, 1.82) is 0 Å². The van der Waals surface area contributed by atoms with Crippen molar-refractivity contribution in [2.45, 2.75) is 5.92 Å². The third kappa shape index (κ3) is 3.48. The molecule has 28 heavy (non-hydrogen) atoms. The number of phenols is 1. The van der Waals surface area contributed by atoms with Gasteiger partial charge in [0.25, 0.3) is 0 Å². The van der Waals surface area contributed by atoms with E-state index in [0.29, 0.717) is 22.2 Å². The average molecular weight is 394 g/mol. The normalized spacial score (nSPS) is 12.8. The van der Waals surface area contributed by atoms with E-state index in [9.17, 15) is 19.4 Å². The van der Waals surface area contributed by atoms with Crippen LogP contribution in [-0.4, -0.2) is 22.1 Å². The number of aromatic hydroxyl groups is 1. The summed E-state index contributed by atoms with van der Waals surface area (Å²) < 4.78 is 17.0. The Kier molecular flexibility index (Phi) is 4.82. The van der Waals surface area contributed by atoms with E-state index in [4.69, 9.17) is 4.42 Å². The summed E-state index contributed by atoms with van der Waals surface area (Å²) in [5, 5.41) is 15.4. The van der Waals surface area contributed by atoms with Gasteiger partial charge in [-0.2, -0.15) is 4.89 Å². The Labute approximate surface area is 161 Å². The fourth-order valence-electron chi connectivity index (χ4n) is 3.33. The highest BCUT2D eigenvalue weighted by atomic mass is 31.1. The highest BCUT2D eigenvalue weighted by Crippen LogP contribution is 2.37. The van der Waals surface area contributed by atoms with Gasteiger partial charge in [0.15, 0.2) is 6.16 Å². The number of nitrogens with one attached hydrogen (secondary N) is 1. The van der Waals surface area contributed by atoms with Crippen LogP contribution in [0.5, 0.6) is 5.75 Å². The van der Waals surface area contributed by atoms with Crippen LogP contribution in [-0.2, 0) is 9.36 Å². The second kappa shape index (κ2) is 7.43. The lowest BCUT2D eigenvalue weighted by Crippen LogP contribution is -2.23. The summed E-state index contributed by atoms with van der Waals surface area (Å²) in [5.41, 5.74) is 1.37. The molecule has 0 bridgehead atoms. The largest absolute Gasteiger partial charge is 0.507 e. The smallest absolute Gasteiger partial charge is 0.506 e. The first kappa shape index (κ1) is 18.2. The minimum Gasteiger partial charge on any atom is -0.507 e. The number of phenolic OH excluding ortho intramolecular Hbond substituents is 1. The zero-order valence-electron chi connectivity index (χ0n) is 14.7. The van der Waals surface area contributed by atoms with Crippen LogP contribution in [0.2, 0.25) is 0 Å². The molecule has 140 valence electrons. The van der Waals surface area contributed by atoms with Gasteiger partial charge in [0, 0.05) is 11.3 Å². The summed E-state index contributed by atoms with van der Waals surface area (Å²) in [6, 6.07) is 18.0. The Morgan fingerprint density at radius 2 is 1.86 bits per heavy atom. The molecule has 0 radical (unpaired) electrons. The van der Waals surface area contributed by atoms with Crippen molar-refractivity contribution < 1.29 is 23.8 Å². The van der Waals surface area contributed by atoms with Crippen molar-refractivity contribution in [3.8, 4) is 5.75 Å². The van der Waals surface area contributed by atoms with Gasteiger partial charge < -0.3 is 14.8 Å². The lowest BCUT2D eigenvalue weighted by Gasteiger charge is -2.12. The molecule has 7 heteroatoms. The fourth-order valence-corrected chi connectivity index (χ4v) is 4.00. The van der Waals surface area contributed by atoms with E-state index >= 15 is 0 Å². The zero-order valence-corrected chi connectivity index (χ0v) is 15.6. The number of furan rings is 1. The maximum atomic E-state index is 13.0. The molecule has 3 aromatic carbocycles. The third-order valence-electron chi connectivity index (χ3n) is 4.65. The zero-order chi connectivity index (χ0) is 19.7. The van der Waals surface area contributed by atoms with Crippen LogP contribution in [0.3, 0.4) is 0 Å². The van der Waals surface area contributed by atoms with Crippen LogP contribution in [0.25, 0.3) is 21.7 Å². The number of anilines is 1. The van der Waals surface area contributed by atoms with Crippen molar-refractivity contribution in [3.63, 3.8) is 0 Å². The molecule has 0 fully saturated rings. The van der Waals surface area contributed by atoms with Gasteiger partial charge in [-0.3, -0.25) is 4.79 Å². The summed E-state index contributed by atoms with van der Waals surface area (Å²) >= 11 is 0. The number of carbonyl (C=O) groups is 1. The Balaban J connectivity index is 1.70. The van der Waals surface area contributed by atoms with Gasteiger partial charge in [-0.05, 0) is 39.6 Å². The van der Waals surface area contributed by atoms with Crippen molar-refractivity contribution in [3.05, 3.63) is 72.5 Å². The SMILES string of the molecule is O=C(Nc1ccc2ccccc2c1)C(C[P+](=O)O)c1coc2cccc(O)c12. The minimum absolute atomic E-state index is 0.0436. The van der Waals surface area contributed by atoms with Crippen LogP contribution < -0.4 is 5.32 Å². The number of hydrogen-bond acceptors (Lipinski definition) is 4. The van der Waals surface area contributed by atoms with Crippen molar-refractivity contribution in [1.82, 2.24) is 0 Å². The van der Waals surface area contributed by atoms with E-state index in [2.05, 4.69) is 5.32 Å². The van der Waals surface area contributed by atoms with Crippen LogP contribution in [0, 0.1) is 0 Å². The molecular formula is C21H17NO5P+. The van der Waals surface area contributed by atoms with Gasteiger partial charge >= 0.3 is 8.03 Å². The summed E-state index contributed by atoms with van der Waals surface area (Å²) in [6.45, 7) is 0. The summed E-state index contributed by atoms with van der Waals surface area (Å²) in [6.07, 6.45) is 1.07. The Bertz CT molecular complexity index is 1200. The van der Waals surface area contributed by atoms with Crippen LogP contribution >= 0.6 is 8.03 Å². The van der Waals surface area contributed by atoms with Crippen LogP contribution in [0.1, 0.15) is 11.5 Å². The summed E-state index contributed by atoms with van der Waals surface area (Å²) in [4.78, 5) is 22.4. The molecule has 0 saturated heterocycles. The standard InChI is InChI=1S/C21H16NO5P/c23-18-6-3-7-19-20(18)16(11-27-19)17(12-28(25)26)21(24)22-15-9-8-13-4-1-2-5-14(13)10-15/h1-11,17H,12H2,(H2-,22,23,24,25,26)/p+1. The minimum atomic E-state index is -2.58. The second-order valence-electron chi connectivity index (χ2n) is 6.48. The number of fused-ring (bicyclic) bond motifs is 2. The number of rotatable bonds is 5. The van der Waals surface area contributed by atoms with Crippen molar-refractivity contribution >= 4 is 41.4 Å². The maximum Gasteiger partial charge on any atom is 0.506 e. The molecule has 0 aliphatic rings. The molecule has 1 heterocycles. The molecule has 2 unspecified atom stereocenters. The molecule has 2 atom stereocenters. The molecule has 0 aliphatic heterocycles. The van der Waals surface area contributed by atoms with Crippen molar-refractivity contribution in [2.24, 2.45) is 0 Å². The number of amides is 1. The number of hydrogen-bond donors (Lipinski definition) is 3. The van der Waals surface area contributed by atoms with Gasteiger partial charge in [0.05, 0.1) is 11.6 Å². The molecule has 4 aromatic rings. The summed E-state index contributed by atoms with van der Waals surface area (Å²) in [5.74, 6) is -1.44. The van der Waals surface area contributed by atoms with E-state index in [1.807, 2.05) is 36.4 Å². The molecule has 3 N–H and O–H groups in total. The first-order valence-electron chi connectivity index (χ1n) is 8.65. The lowest BCUT2D eigenvalue weighted by molar-refractivity contribution is -0.117. The van der Waals surface area contributed by atoms with Crippen molar-refractivity contribution in [2.75, 3.05) is 11.5 Å². The molecule has 1 amide bonds. The van der Waals surface area contributed by atoms with E-state index < -0.39 is 19.9 Å². The predicted molar refractivity (Wildman–Crippen MR) is 108 cm³/mol. The first-order valence-corrected chi connectivity index (χ1v) is 10.0. The molecule has 4 rings (SSSR count). The second-order valence-corrected chi connectivity index (χ2v) is 7.55. The lowest BCUT2D eigenvalue weighted by atomic mass is 9.98. The third-order valence-corrected chi connectivity index (χ3v) is 5.33. The van der Waals surface area contributed by atoms with Gasteiger partial charge in [-0.1, -0.05) is 36.4 Å². The Hall–Kier alpha value is -3.21. The van der Waals surface area contributed by atoms with Crippen LogP contribution in [0.15, 0.2) is 71.3 Å². The monoisotopic (exact) mass is 394 g/mol. The van der Waals surface area contributed by atoms with E-state index in [1.165, 1.54) is 12.3 Å². The van der Waals surface area contributed by atoms with Gasteiger partial charge in [0.2, 0.25) is 5.91 Å². The molecule has 6 nitrogen and oxygen atoms in total. The highest BCUT2D eigenvalue weighted by molar-refractivity contribution is 7.38. The Morgan fingerprint density at radius 3 is 2.64 bits per heavy atom. The topological polar surface area (TPSA) is 99.8 Å². The quantitative estimate of drug-likeness (QED) is 0.424. The molecule has 1 aromatic heterocycles. The van der Waals surface area contributed by atoms with E-state index in [-0.39, 0.29) is 11.9 Å². The van der Waals surface area contributed by atoms with Crippen LogP contribution in [0.4, 0.5) is 5.69 Å².